The maximum atomic E-state index is 13.8. The van der Waals surface area contributed by atoms with Crippen molar-refractivity contribution in [1.82, 2.24) is 24.7 Å². The molecule has 1 aliphatic heterocycles. The van der Waals surface area contributed by atoms with Gasteiger partial charge in [0.25, 0.3) is 0 Å². The molecule has 1 aromatic carbocycles. The Kier molecular flexibility index (Phi) is 3.58. The lowest BCUT2D eigenvalue weighted by Gasteiger charge is -2.33. The topological polar surface area (TPSA) is 59.7 Å². The van der Waals surface area contributed by atoms with Gasteiger partial charge in [0.2, 0.25) is 0 Å². The maximum absolute atomic E-state index is 13.8. The van der Waals surface area contributed by atoms with Crippen LogP contribution >= 0.6 is 0 Å². The van der Waals surface area contributed by atoms with E-state index in [9.17, 15) is 8.78 Å². The number of piperidine rings is 1. The lowest BCUT2D eigenvalue weighted by molar-refractivity contribution is 0.469. The molecule has 1 saturated carbocycles. The van der Waals surface area contributed by atoms with Crippen molar-refractivity contribution < 1.29 is 8.78 Å². The standard InChI is InChI=1S/C18H18F2N6/c19-14-6-13-16(7-15(14)20)21-9-22-18(13)25-5-1-2-11(8-25)17-24-23-10-26(17)12-3-4-12/h6-7,9-12H,1-5,8H2. The van der Waals surface area contributed by atoms with Gasteiger partial charge < -0.3 is 9.47 Å². The maximum Gasteiger partial charge on any atom is 0.161 e. The van der Waals surface area contributed by atoms with Crippen molar-refractivity contribution in [3.8, 4) is 0 Å². The zero-order valence-electron chi connectivity index (χ0n) is 14.1. The molecule has 134 valence electrons. The number of hydrogen-bond acceptors (Lipinski definition) is 5. The monoisotopic (exact) mass is 356 g/mol. The summed E-state index contributed by atoms with van der Waals surface area (Å²) in [6.45, 7) is 1.55. The number of rotatable bonds is 3. The van der Waals surface area contributed by atoms with Crippen LogP contribution < -0.4 is 4.90 Å². The molecule has 2 fully saturated rings. The minimum Gasteiger partial charge on any atom is -0.355 e. The SMILES string of the molecule is Fc1cc2ncnc(N3CCCC(c4nncn4C4CC4)C3)c2cc1F. The summed E-state index contributed by atoms with van der Waals surface area (Å²) in [5, 5.41) is 9.00. The van der Waals surface area contributed by atoms with Crippen molar-refractivity contribution in [3.63, 3.8) is 0 Å². The highest BCUT2D eigenvalue weighted by Crippen LogP contribution is 2.38. The highest BCUT2D eigenvalue weighted by atomic mass is 19.2. The first-order valence-electron chi connectivity index (χ1n) is 8.95. The molecule has 1 aliphatic carbocycles. The minimum atomic E-state index is -0.892. The predicted octanol–water partition coefficient (Wildman–Crippen LogP) is 3.22. The van der Waals surface area contributed by atoms with Crippen molar-refractivity contribution >= 4 is 16.7 Å². The molecule has 0 amide bonds. The first-order valence-corrected chi connectivity index (χ1v) is 8.95. The molecule has 2 aliphatic rings. The number of hydrogen-bond donors (Lipinski definition) is 0. The Hall–Kier alpha value is -2.64. The van der Waals surface area contributed by atoms with E-state index in [1.807, 2.05) is 6.33 Å². The van der Waals surface area contributed by atoms with Crippen molar-refractivity contribution in [2.24, 2.45) is 0 Å². The van der Waals surface area contributed by atoms with E-state index in [0.29, 0.717) is 22.8 Å². The van der Waals surface area contributed by atoms with Crippen LogP contribution in [0.1, 0.15) is 43.5 Å². The van der Waals surface area contributed by atoms with Gasteiger partial charge in [-0.15, -0.1) is 10.2 Å². The lowest BCUT2D eigenvalue weighted by atomic mass is 9.96. The number of fused-ring (bicyclic) bond motifs is 1. The molecule has 2 aromatic heterocycles. The quantitative estimate of drug-likeness (QED) is 0.721. The summed E-state index contributed by atoms with van der Waals surface area (Å²) >= 11 is 0. The van der Waals surface area contributed by atoms with E-state index in [2.05, 4.69) is 29.6 Å². The first-order chi connectivity index (χ1) is 12.7. The molecular weight excluding hydrogens is 338 g/mol. The summed E-state index contributed by atoms with van der Waals surface area (Å²) in [6.07, 6.45) is 7.62. The summed E-state index contributed by atoms with van der Waals surface area (Å²) in [6, 6.07) is 2.85. The number of anilines is 1. The summed E-state index contributed by atoms with van der Waals surface area (Å²) in [5.41, 5.74) is 0.414. The molecule has 1 atom stereocenters. The van der Waals surface area contributed by atoms with E-state index in [0.717, 1.165) is 37.8 Å². The highest BCUT2D eigenvalue weighted by Gasteiger charge is 2.32. The summed E-state index contributed by atoms with van der Waals surface area (Å²) in [5.74, 6) is 0.151. The van der Waals surface area contributed by atoms with E-state index in [-0.39, 0.29) is 5.92 Å². The molecule has 3 aromatic rings. The Morgan fingerprint density at radius 2 is 1.88 bits per heavy atom. The van der Waals surface area contributed by atoms with Gasteiger partial charge in [0.15, 0.2) is 11.6 Å². The van der Waals surface area contributed by atoms with Crippen LogP contribution in [0.3, 0.4) is 0 Å². The van der Waals surface area contributed by atoms with Gasteiger partial charge in [-0.25, -0.2) is 18.7 Å². The molecule has 8 heteroatoms. The van der Waals surface area contributed by atoms with E-state index in [1.54, 1.807) is 0 Å². The number of aromatic nitrogens is 5. The van der Waals surface area contributed by atoms with Crippen molar-refractivity contribution in [1.29, 1.82) is 0 Å². The second-order valence-electron chi connectivity index (χ2n) is 7.09. The van der Waals surface area contributed by atoms with Crippen LogP contribution in [0.15, 0.2) is 24.8 Å². The van der Waals surface area contributed by atoms with Crippen molar-refractivity contribution in [3.05, 3.63) is 42.2 Å². The number of nitrogens with zero attached hydrogens (tertiary/aromatic N) is 6. The molecule has 0 N–H and O–H groups in total. The molecule has 5 rings (SSSR count). The van der Waals surface area contributed by atoms with Crippen LogP contribution in [0.25, 0.3) is 10.9 Å². The molecule has 6 nitrogen and oxygen atoms in total. The van der Waals surface area contributed by atoms with E-state index < -0.39 is 11.6 Å². The highest BCUT2D eigenvalue weighted by molar-refractivity contribution is 5.89. The normalized spacial score (nSPS) is 20.7. The Morgan fingerprint density at radius 3 is 2.73 bits per heavy atom. The van der Waals surface area contributed by atoms with Gasteiger partial charge in [0.1, 0.15) is 24.3 Å². The lowest BCUT2D eigenvalue weighted by Crippen LogP contribution is -2.36. The summed E-state index contributed by atoms with van der Waals surface area (Å²) < 4.78 is 29.5. The van der Waals surface area contributed by atoms with Crippen molar-refractivity contribution in [2.75, 3.05) is 18.0 Å². The van der Waals surface area contributed by atoms with Gasteiger partial charge in [0.05, 0.1) is 5.52 Å². The van der Waals surface area contributed by atoms with Gasteiger partial charge >= 0.3 is 0 Å². The average molecular weight is 356 g/mol. The van der Waals surface area contributed by atoms with E-state index >= 15 is 0 Å². The molecule has 1 unspecified atom stereocenters. The fourth-order valence-electron chi connectivity index (χ4n) is 3.85. The molecule has 0 spiro atoms. The van der Waals surface area contributed by atoms with Crippen LogP contribution in [0.2, 0.25) is 0 Å². The fourth-order valence-corrected chi connectivity index (χ4v) is 3.85. The molecule has 1 saturated heterocycles. The minimum absolute atomic E-state index is 0.252. The second-order valence-corrected chi connectivity index (χ2v) is 7.09. The van der Waals surface area contributed by atoms with Crippen LogP contribution in [0, 0.1) is 11.6 Å². The van der Waals surface area contributed by atoms with Crippen LogP contribution in [-0.4, -0.2) is 37.8 Å². The smallest absolute Gasteiger partial charge is 0.161 e. The third-order valence-electron chi connectivity index (χ3n) is 5.28. The Morgan fingerprint density at radius 1 is 1.04 bits per heavy atom. The zero-order chi connectivity index (χ0) is 17.7. The predicted molar refractivity (Wildman–Crippen MR) is 91.9 cm³/mol. The Bertz CT molecular complexity index is 967. The third-order valence-corrected chi connectivity index (χ3v) is 5.28. The molecular formula is C18H18F2N6. The average Bonchev–Trinajstić information content (AvgIpc) is 3.39. The Balaban J connectivity index is 1.49. The fraction of sp³-hybridized carbons (Fsp3) is 0.444. The second kappa shape index (κ2) is 5.96. The van der Waals surface area contributed by atoms with Gasteiger partial charge in [-0.2, -0.15) is 0 Å². The largest absolute Gasteiger partial charge is 0.355 e. The molecule has 3 heterocycles. The molecule has 26 heavy (non-hydrogen) atoms. The summed E-state index contributed by atoms with van der Waals surface area (Å²) in [7, 11) is 0. The van der Waals surface area contributed by atoms with Crippen LogP contribution in [0.4, 0.5) is 14.6 Å². The Labute approximate surface area is 148 Å². The van der Waals surface area contributed by atoms with Gasteiger partial charge in [-0.05, 0) is 31.7 Å². The first kappa shape index (κ1) is 15.6. The zero-order valence-corrected chi connectivity index (χ0v) is 14.1. The summed E-state index contributed by atoms with van der Waals surface area (Å²) in [4.78, 5) is 10.6. The molecule has 0 radical (unpaired) electrons. The number of halogens is 2. The van der Waals surface area contributed by atoms with Gasteiger partial charge in [-0.3, -0.25) is 0 Å². The van der Waals surface area contributed by atoms with Gasteiger partial charge in [0, 0.05) is 36.5 Å². The third kappa shape index (κ3) is 2.60. The molecule has 0 bridgehead atoms. The van der Waals surface area contributed by atoms with E-state index in [4.69, 9.17) is 0 Å². The van der Waals surface area contributed by atoms with Crippen molar-refractivity contribution in [2.45, 2.75) is 37.6 Å². The van der Waals surface area contributed by atoms with Crippen LogP contribution in [0.5, 0.6) is 0 Å². The van der Waals surface area contributed by atoms with E-state index in [1.165, 1.54) is 25.2 Å². The van der Waals surface area contributed by atoms with Gasteiger partial charge in [-0.1, -0.05) is 0 Å². The van der Waals surface area contributed by atoms with Crippen LogP contribution in [-0.2, 0) is 0 Å². The number of benzene rings is 1.